The van der Waals surface area contributed by atoms with E-state index in [0.29, 0.717) is 11.1 Å². The highest BCUT2D eigenvalue weighted by molar-refractivity contribution is 6.12. The number of aromatic nitrogens is 5. The van der Waals surface area contributed by atoms with Gasteiger partial charge in [0.15, 0.2) is 0 Å². The minimum absolute atomic E-state index is 0.220. The molecule has 0 saturated carbocycles. The summed E-state index contributed by atoms with van der Waals surface area (Å²) >= 11 is 0. The van der Waals surface area contributed by atoms with Crippen molar-refractivity contribution in [3.8, 4) is 0 Å². The molecule has 0 radical (unpaired) electrons. The maximum atomic E-state index is 12.4. The number of nitrogens with zero attached hydrogens (tertiary/aromatic N) is 5. The second kappa shape index (κ2) is 4.45. The molecule has 0 aliphatic heterocycles. The number of hydrogen-bond acceptors (Lipinski definition) is 5. The highest BCUT2D eigenvalue weighted by Gasteiger charge is 2.19. The van der Waals surface area contributed by atoms with Crippen LogP contribution < -0.4 is 4.90 Å². The van der Waals surface area contributed by atoms with E-state index in [1.165, 1.54) is 4.90 Å². The van der Waals surface area contributed by atoms with Crippen molar-refractivity contribution in [2.75, 3.05) is 11.9 Å². The highest BCUT2D eigenvalue weighted by Crippen LogP contribution is 2.18. The van der Waals surface area contributed by atoms with Gasteiger partial charge in [0.05, 0.1) is 11.1 Å². The van der Waals surface area contributed by atoms with Gasteiger partial charge in [-0.3, -0.25) is 14.7 Å². The molecule has 0 atom stereocenters. The van der Waals surface area contributed by atoms with Crippen molar-refractivity contribution < 1.29 is 4.79 Å². The fourth-order valence-electron chi connectivity index (χ4n) is 1.85. The number of aromatic amines is 1. The minimum Gasteiger partial charge on any atom is -0.277 e. The number of amides is 1. The van der Waals surface area contributed by atoms with Gasteiger partial charge in [-0.1, -0.05) is 23.3 Å². The molecular weight excluding hydrogens is 244 g/mol. The van der Waals surface area contributed by atoms with Gasteiger partial charge in [-0.15, -0.1) is 5.10 Å². The Morgan fingerprint density at radius 2 is 2.11 bits per heavy atom. The average Bonchev–Trinajstić information content (AvgIpc) is 2.99. The fraction of sp³-hybridized carbons (Fsp3) is 0.0833. The van der Waals surface area contributed by atoms with E-state index in [9.17, 15) is 4.79 Å². The Bertz CT molecular complexity index is 719. The summed E-state index contributed by atoms with van der Waals surface area (Å²) in [4.78, 5) is 18.0. The van der Waals surface area contributed by atoms with Crippen molar-refractivity contribution in [1.29, 1.82) is 0 Å². The van der Waals surface area contributed by atoms with E-state index in [1.807, 2.05) is 24.3 Å². The molecule has 0 fully saturated rings. The van der Waals surface area contributed by atoms with E-state index in [4.69, 9.17) is 0 Å². The van der Waals surface area contributed by atoms with Gasteiger partial charge in [-0.2, -0.15) is 5.21 Å². The first-order valence-electron chi connectivity index (χ1n) is 5.62. The van der Waals surface area contributed by atoms with Crippen LogP contribution >= 0.6 is 0 Å². The molecule has 94 valence electrons. The van der Waals surface area contributed by atoms with Crippen molar-refractivity contribution in [1.82, 2.24) is 25.6 Å². The molecule has 1 amide bonds. The van der Waals surface area contributed by atoms with Gasteiger partial charge in [0.25, 0.3) is 11.9 Å². The van der Waals surface area contributed by atoms with Crippen LogP contribution in [0, 0.1) is 0 Å². The van der Waals surface area contributed by atoms with Gasteiger partial charge in [-0.25, -0.2) is 0 Å². The van der Waals surface area contributed by atoms with Gasteiger partial charge in [0.1, 0.15) is 0 Å². The lowest BCUT2D eigenvalue weighted by molar-refractivity contribution is 0.0993. The van der Waals surface area contributed by atoms with E-state index < -0.39 is 0 Å². The summed E-state index contributed by atoms with van der Waals surface area (Å²) in [6.07, 6.45) is 1.66. The summed E-state index contributed by atoms with van der Waals surface area (Å²) in [7, 11) is 1.59. The summed E-state index contributed by atoms with van der Waals surface area (Å²) in [5.74, 6) is -0.0105. The predicted molar refractivity (Wildman–Crippen MR) is 68.7 cm³/mol. The zero-order chi connectivity index (χ0) is 13.2. The molecule has 3 aromatic rings. The average molecular weight is 254 g/mol. The van der Waals surface area contributed by atoms with Crippen LogP contribution in [-0.4, -0.2) is 38.6 Å². The number of pyridine rings is 1. The number of anilines is 1. The summed E-state index contributed by atoms with van der Waals surface area (Å²) in [5, 5.41) is 14.2. The number of rotatable bonds is 2. The standard InChI is InChI=1S/C12H10N6O/c1-18(12-14-16-17-15-12)11(19)9-6-2-4-8-5-3-7-13-10(8)9/h2-7H,1H3,(H,14,15,16,17). The third-order valence-corrected chi connectivity index (χ3v) is 2.80. The third kappa shape index (κ3) is 1.90. The second-order valence-electron chi connectivity index (χ2n) is 3.96. The van der Waals surface area contributed by atoms with Crippen LogP contribution in [0.2, 0.25) is 0 Å². The lowest BCUT2D eigenvalue weighted by atomic mass is 10.1. The first-order chi connectivity index (χ1) is 9.27. The summed E-state index contributed by atoms with van der Waals surface area (Å²) < 4.78 is 0. The second-order valence-corrected chi connectivity index (χ2v) is 3.96. The number of benzene rings is 1. The lowest BCUT2D eigenvalue weighted by Gasteiger charge is -2.13. The van der Waals surface area contributed by atoms with Crippen LogP contribution in [0.4, 0.5) is 5.95 Å². The van der Waals surface area contributed by atoms with Gasteiger partial charge < -0.3 is 0 Å². The molecule has 19 heavy (non-hydrogen) atoms. The van der Waals surface area contributed by atoms with Crippen molar-refractivity contribution in [2.24, 2.45) is 0 Å². The van der Waals surface area contributed by atoms with E-state index in [2.05, 4.69) is 25.6 Å². The predicted octanol–water partition coefficient (Wildman–Crippen LogP) is 1.02. The Morgan fingerprint density at radius 1 is 1.26 bits per heavy atom. The Labute approximate surface area is 108 Å². The first-order valence-corrected chi connectivity index (χ1v) is 5.62. The maximum Gasteiger partial charge on any atom is 0.272 e. The molecular formula is C12H10N6O. The fourth-order valence-corrected chi connectivity index (χ4v) is 1.85. The Hall–Kier alpha value is -2.83. The van der Waals surface area contributed by atoms with Gasteiger partial charge in [-0.05, 0) is 17.3 Å². The molecule has 0 unspecified atom stereocenters. The lowest BCUT2D eigenvalue weighted by Crippen LogP contribution is -2.27. The summed E-state index contributed by atoms with van der Waals surface area (Å²) in [5.41, 5.74) is 1.16. The molecule has 0 saturated heterocycles. The van der Waals surface area contributed by atoms with Crippen molar-refractivity contribution >= 4 is 22.8 Å². The van der Waals surface area contributed by atoms with Crippen LogP contribution in [0.5, 0.6) is 0 Å². The molecule has 0 aliphatic carbocycles. The molecule has 7 heteroatoms. The SMILES string of the molecule is CN(C(=O)c1cccc2cccnc12)c1nn[nH]n1. The van der Waals surface area contributed by atoms with Crippen LogP contribution in [0.3, 0.4) is 0 Å². The van der Waals surface area contributed by atoms with Crippen LogP contribution in [0.25, 0.3) is 10.9 Å². The molecule has 0 aliphatic rings. The molecule has 0 bridgehead atoms. The van der Waals surface area contributed by atoms with Crippen LogP contribution in [-0.2, 0) is 0 Å². The van der Waals surface area contributed by atoms with Crippen molar-refractivity contribution in [3.05, 3.63) is 42.1 Å². The zero-order valence-corrected chi connectivity index (χ0v) is 10.1. The largest absolute Gasteiger partial charge is 0.277 e. The van der Waals surface area contributed by atoms with Crippen LogP contribution in [0.1, 0.15) is 10.4 Å². The molecule has 0 spiro atoms. The number of H-pyrrole nitrogens is 1. The van der Waals surface area contributed by atoms with E-state index in [-0.39, 0.29) is 11.9 Å². The number of para-hydroxylation sites is 1. The van der Waals surface area contributed by atoms with Gasteiger partial charge in [0, 0.05) is 18.6 Å². The number of hydrogen-bond donors (Lipinski definition) is 1. The molecule has 1 N–H and O–H groups in total. The quantitative estimate of drug-likeness (QED) is 0.737. The van der Waals surface area contributed by atoms with E-state index in [0.717, 1.165) is 5.39 Å². The normalized spacial score (nSPS) is 10.6. The number of carbonyl (C=O) groups is 1. The van der Waals surface area contributed by atoms with Crippen LogP contribution in [0.15, 0.2) is 36.5 Å². The Kier molecular flexibility index (Phi) is 2.64. The van der Waals surface area contributed by atoms with Crippen molar-refractivity contribution in [2.45, 2.75) is 0 Å². The van der Waals surface area contributed by atoms with Crippen molar-refractivity contribution in [3.63, 3.8) is 0 Å². The molecule has 2 aromatic heterocycles. The van der Waals surface area contributed by atoms with Gasteiger partial charge in [0.2, 0.25) is 0 Å². The molecule has 1 aromatic carbocycles. The number of tetrazole rings is 1. The summed E-state index contributed by atoms with van der Waals surface area (Å²) in [6, 6.07) is 9.20. The Balaban J connectivity index is 2.07. The minimum atomic E-state index is -0.231. The molecule has 2 heterocycles. The maximum absolute atomic E-state index is 12.4. The van der Waals surface area contributed by atoms with E-state index in [1.54, 1.807) is 19.3 Å². The summed E-state index contributed by atoms with van der Waals surface area (Å²) in [6.45, 7) is 0. The smallest absolute Gasteiger partial charge is 0.272 e. The first kappa shape index (κ1) is 11.3. The van der Waals surface area contributed by atoms with Gasteiger partial charge >= 0.3 is 0 Å². The number of nitrogens with one attached hydrogen (secondary N) is 1. The third-order valence-electron chi connectivity index (χ3n) is 2.80. The Morgan fingerprint density at radius 3 is 2.89 bits per heavy atom. The number of fused-ring (bicyclic) bond motifs is 1. The monoisotopic (exact) mass is 254 g/mol. The zero-order valence-electron chi connectivity index (χ0n) is 10.1. The van der Waals surface area contributed by atoms with E-state index >= 15 is 0 Å². The molecule has 3 rings (SSSR count). The molecule has 7 nitrogen and oxygen atoms in total. The highest BCUT2D eigenvalue weighted by atomic mass is 16.2. The topological polar surface area (TPSA) is 87.7 Å². The number of carbonyl (C=O) groups excluding carboxylic acids is 1.